The Hall–Kier alpha value is -0.850. The van der Waals surface area contributed by atoms with E-state index in [4.69, 9.17) is 0 Å². The van der Waals surface area contributed by atoms with Gasteiger partial charge in [0.2, 0.25) is 0 Å². The van der Waals surface area contributed by atoms with Crippen LogP contribution in [0.3, 0.4) is 0 Å². The van der Waals surface area contributed by atoms with Crippen LogP contribution in [0.1, 0.15) is 58.8 Å². The summed E-state index contributed by atoms with van der Waals surface area (Å²) in [6.07, 6.45) is -0.0224. The van der Waals surface area contributed by atoms with Gasteiger partial charge in [0.05, 0.1) is 0 Å². The van der Waals surface area contributed by atoms with Crippen LogP contribution in [0.5, 0.6) is 0 Å². The van der Waals surface area contributed by atoms with Crippen molar-refractivity contribution in [2.75, 3.05) is 0 Å². The highest BCUT2D eigenvalue weighted by atomic mass is 19.1. The van der Waals surface area contributed by atoms with Crippen molar-refractivity contribution < 1.29 is 4.39 Å². The van der Waals surface area contributed by atoms with Crippen LogP contribution in [0.2, 0.25) is 0 Å². The second-order valence-electron chi connectivity index (χ2n) is 7.71. The largest absolute Gasteiger partial charge is 0.242 e. The molecule has 1 aromatic rings. The summed E-state index contributed by atoms with van der Waals surface area (Å²) in [6, 6.07) is 8.01. The summed E-state index contributed by atoms with van der Waals surface area (Å²) in [6.45, 7) is 13.1. The minimum Gasteiger partial charge on any atom is -0.242 e. The first-order chi connectivity index (χ1) is 8.11. The Balaban J connectivity index is 2.62. The number of benzene rings is 1. The predicted octanol–water partition coefficient (Wildman–Crippen LogP) is 5.33. The molecule has 1 aromatic carbocycles. The molecule has 1 unspecified atom stereocenters. The average molecular weight is 248 g/mol. The summed E-state index contributed by atoms with van der Waals surface area (Å²) < 4.78 is 15.2. The second-order valence-corrected chi connectivity index (χ2v) is 7.71. The molecule has 1 heteroatoms. The van der Waals surface area contributed by atoms with Crippen LogP contribution in [-0.4, -0.2) is 0 Å². The molecule has 100 valence electrons. The molecule has 1 aliphatic rings. The Morgan fingerprint density at radius 1 is 1.00 bits per heavy atom. The van der Waals surface area contributed by atoms with E-state index in [0.717, 1.165) is 12.0 Å². The van der Waals surface area contributed by atoms with Gasteiger partial charge in [-0.15, -0.1) is 0 Å². The van der Waals surface area contributed by atoms with Gasteiger partial charge in [-0.05, 0) is 28.4 Å². The molecule has 1 atom stereocenters. The molecule has 0 nitrogen and oxygen atoms in total. The van der Waals surface area contributed by atoms with Gasteiger partial charge in [-0.3, -0.25) is 0 Å². The lowest BCUT2D eigenvalue weighted by atomic mass is 9.52. The summed E-state index contributed by atoms with van der Waals surface area (Å²) in [5.41, 5.74) is 1.63. The Labute approximate surface area is 111 Å². The van der Waals surface area contributed by atoms with Crippen LogP contribution >= 0.6 is 0 Å². The molecule has 0 fully saturated rings. The Kier molecular flexibility index (Phi) is 2.88. The van der Waals surface area contributed by atoms with Crippen LogP contribution in [0.15, 0.2) is 24.3 Å². The van der Waals surface area contributed by atoms with Gasteiger partial charge < -0.3 is 0 Å². The van der Waals surface area contributed by atoms with Crippen molar-refractivity contribution >= 4 is 0 Å². The number of rotatable bonds is 0. The quantitative estimate of drug-likeness (QED) is 0.582. The first-order valence-electron chi connectivity index (χ1n) is 6.83. The molecule has 0 spiro atoms. The van der Waals surface area contributed by atoms with E-state index in [1.807, 2.05) is 18.2 Å². The first kappa shape index (κ1) is 13.6. The highest BCUT2D eigenvalue weighted by molar-refractivity contribution is 5.39. The Morgan fingerprint density at radius 2 is 1.50 bits per heavy atom. The van der Waals surface area contributed by atoms with Gasteiger partial charge >= 0.3 is 0 Å². The number of hydrogen-bond acceptors (Lipinski definition) is 0. The zero-order chi connectivity index (χ0) is 13.8. The van der Waals surface area contributed by atoms with E-state index in [1.165, 1.54) is 5.56 Å². The van der Waals surface area contributed by atoms with Crippen molar-refractivity contribution in [1.82, 2.24) is 0 Å². The normalized spacial score (nSPS) is 22.9. The van der Waals surface area contributed by atoms with E-state index >= 15 is 4.39 Å². The van der Waals surface area contributed by atoms with Gasteiger partial charge in [0.25, 0.3) is 0 Å². The van der Waals surface area contributed by atoms with Gasteiger partial charge in [-0.1, -0.05) is 65.8 Å². The van der Waals surface area contributed by atoms with Gasteiger partial charge in [0.15, 0.2) is 0 Å². The topological polar surface area (TPSA) is 0 Å². The molecule has 1 aliphatic carbocycles. The second kappa shape index (κ2) is 3.82. The monoisotopic (exact) mass is 248 g/mol. The molecule has 0 aromatic heterocycles. The molecule has 0 saturated carbocycles. The zero-order valence-electron chi connectivity index (χ0n) is 12.5. The molecule has 0 saturated heterocycles. The number of fused-ring (bicyclic) bond motifs is 1. The third kappa shape index (κ3) is 1.63. The van der Waals surface area contributed by atoms with Crippen molar-refractivity contribution in [2.45, 2.75) is 54.1 Å². The molecular formula is C17H25F. The highest BCUT2D eigenvalue weighted by Crippen LogP contribution is 2.65. The smallest absolute Gasteiger partial charge is 0.132 e. The van der Waals surface area contributed by atoms with Crippen LogP contribution in [0.4, 0.5) is 4.39 Å². The average Bonchev–Trinajstić information content (AvgIpc) is 2.52. The van der Waals surface area contributed by atoms with E-state index in [1.54, 1.807) is 0 Å². The number of halogens is 1. The summed E-state index contributed by atoms with van der Waals surface area (Å²) >= 11 is 0. The Morgan fingerprint density at radius 3 is 1.94 bits per heavy atom. The number of alkyl halides is 1. The third-order valence-corrected chi connectivity index (χ3v) is 4.91. The predicted molar refractivity (Wildman–Crippen MR) is 75.3 cm³/mol. The summed E-state index contributed by atoms with van der Waals surface area (Å²) in [4.78, 5) is 0. The van der Waals surface area contributed by atoms with E-state index in [-0.39, 0.29) is 16.2 Å². The lowest BCUT2D eigenvalue weighted by Gasteiger charge is -2.53. The SMILES string of the molecule is CC(C)(C)C1(C(C)(C)C)Cc2ccccc2C1F. The van der Waals surface area contributed by atoms with Gasteiger partial charge in [-0.25, -0.2) is 4.39 Å². The standard InChI is InChI=1S/C17H25F/c1-15(2,3)17(16(4,5)6)11-12-9-7-8-10-13(12)14(17)18/h7-10,14H,11H2,1-6H3. The molecular weight excluding hydrogens is 223 g/mol. The Bertz CT molecular complexity index is 431. The fourth-order valence-electron chi connectivity index (χ4n) is 4.01. The first-order valence-corrected chi connectivity index (χ1v) is 6.83. The molecule has 18 heavy (non-hydrogen) atoms. The minimum atomic E-state index is -0.867. The van der Waals surface area contributed by atoms with Gasteiger partial charge in [0, 0.05) is 5.41 Å². The summed E-state index contributed by atoms with van der Waals surface area (Å²) in [5, 5.41) is 0. The van der Waals surface area contributed by atoms with Crippen LogP contribution in [0, 0.1) is 16.2 Å². The van der Waals surface area contributed by atoms with Crippen LogP contribution in [-0.2, 0) is 6.42 Å². The lowest BCUT2D eigenvalue weighted by molar-refractivity contribution is -0.0873. The van der Waals surface area contributed by atoms with Gasteiger partial charge in [-0.2, -0.15) is 0 Å². The molecule has 0 heterocycles. The van der Waals surface area contributed by atoms with Crippen molar-refractivity contribution in [3.05, 3.63) is 35.4 Å². The van der Waals surface area contributed by atoms with E-state index < -0.39 is 6.17 Å². The molecule has 0 radical (unpaired) electrons. The van der Waals surface area contributed by atoms with Crippen LogP contribution < -0.4 is 0 Å². The molecule has 0 amide bonds. The highest BCUT2D eigenvalue weighted by Gasteiger charge is 2.59. The number of hydrogen-bond donors (Lipinski definition) is 0. The minimum absolute atomic E-state index is 0.0658. The van der Waals surface area contributed by atoms with Crippen molar-refractivity contribution in [3.63, 3.8) is 0 Å². The molecule has 0 N–H and O–H groups in total. The maximum Gasteiger partial charge on any atom is 0.132 e. The lowest BCUT2D eigenvalue weighted by Crippen LogP contribution is -2.48. The fourth-order valence-corrected chi connectivity index (χ4v) is 4.01. The molecule has 2 rings (SSSR count). The van der Waals surface area contributed by atoms with Crippen molar-refractivity contribution in [3.8, 4) is 0 Å². The maximum atomic E-state index is 15.2. The van der Waals surface area contributed by atoms with Crippen LogP contribution in [0.25, 0.3) is 0 Å². The van der Waals surface area contributed by atoms with Gasteiger partial charge in [0.1, 0.15) is 6.17 Å². The molecule has 0 bridgehead atoms. The van der Waals surface area contributed by atoms with E-state index in [2.05, 4.69) is 47.6 Å². The van der Waals surface area contributed by atoms with Crippen molar-refractivity contribution in [2.24, 2.45) is 16.2 Å². The molecule has 0 aliphatic heterocycles. The summed E-state index contributed by atoms with van der Waals surface area (Å²) in [5.74, 6) is 0. The maximum absolute atomic E-state index is 15.2. The van der Waals surface area contributed by atoms with E-state index in [9.17, 15) is 0 Å². The fraction of sp³-hybridized carbons (Fsp3) is 0.647. The summed E-state index contributed by atoms with van der Waals surface area (Å²) in [7, 11) is 0. The van der Waals surface area contributed by atoms with Crippen molar-refractivity contribution in [1.29, 1.82) is 0 Å². The zero-order valence-corrected chi connectivity index (χ0v) is 12.5. The van der Waals surface area contributed by atoms with E-state index in [0.29, 0.717) is 0 Å². The third-order valence-electron chi connectivity index (χ3n) is 4.91.